The van der Waals surface area contributed by atoms with Crippen molar-refractivity contribution in [3.8, 4) is 0 Å². The summed E-state index contributed by atoms with van der Waals surface area (Å²) in [5.74, 6) is -1.49. The van der Waals surface area contributed by atoms with Gasteiger partial charge in [-0.2, -0.15) is 0 Å². The summed E-state index contributed by atoms with van der Waals surface area (Å²) in [5, 5.41) is 16.6. The zero-order valence-electron chi connectivity index (χ0n) is 24.2. The van der Waals surface area contributed by atoms with Crippen LogP contribution in [-0.4, -0.2) is 40.9 Å². The maximum absolute atomic E-state index is 9.43. The molecule has 12 heteroatoms. The molecule has 0 amide bonds. The molecular weight excluding hydrogens is 615 g/mol. The van der Waals surface area contributed by atoms with Crippen LogP contribution in [0.25, 0.3) is 11.0 Å². The van der Waals surface area contributed by atoms with E-state index in [0.29, 0.717) is 21.7 Å². The summed E-state index contributed by atoms with van der Waals surface area (Å²) in [6.07, 6.45) is 10.0. The number of halogens is 2. The topological polar surface area (TPSA) is 161 Å². The molecule has 0 atom stereocenters. The van der Waals surface area contributed by atoms with E-state index in [1.165, 1.54) is 11.1 Å². The highest BCUT2D eigenvalue weighted by molar-refractivity contribution is 6.33. The van der Waals surface area contributed by atoms with Crippen molar-refractivity contribution in [3.05, 3.63) is 130 Å². The summed E-state index contributed by atoms with van der Waals surface area (Å²) in [5.41, 5.74) is 18.5. The molecule has 0 saturated heterocycles. The van der Waals surface area contributed by atoms with Gasteiger partial charge in [-0.3, -0.25) is 28.4 Å². The molecule has 0 spiro atoms. The molecule has 4 heterocycles. The molecule has 0 bridgehead atoms. The summed E-state index contributed by atoms with van der Waals surface area (Å²) < 4.78 is 3.77. The first kappa shape index (κ1) is 32.8. The SMILES string of the molecule is Nc1c(Cl)cc2c(CCc3ccccc3)nccn12.Nc1c(Cl)cc2c(CCc3ccccc3)nccn12.O=C(O)CC(=O)O. The molecule has 2 aromatic carbocycles. The lowest BCUT2D eigenvalue weighted by molar-refractivity contribution is -0.147. The van der Waals surface area contributed by atoms with Crippen molar-refractivity contribution in [3.63, 3.8) is 0 Å². The van der Waals surface area contributed by atoms with Crippen LogP contribution in [0, 0.1) is 0 Å². The third-order valence-electron chi connectivity index (χ3n) is 6.83. The zero-order valence-corrected chi connectivity index (χ0v) is 25.7. The van der Waals surface area contributed by atoms with E-state index in [4.69, 9.17) is 44.9 Å². The maximum Gasteiger partial charge on any atom is 0.314 e. The lowest BCUT2D eigenvalue weighted by Crippen LogP contribution is -2.03. The largest absolute Gasteiger partial charge is 0.481 e. The van der Waals surface area contributed by atoms with E-state index in [9.17, 15) is 9.59 Å². The minimum Gasteiger partial charge on any atom is -0.481 e. The molecule has 6 N–H and O–H groups in total. The van der Waals surface area contributed by atoms with Crippen LogP contribution in [0.3, 0.4) is 0 Å². The van der Waals surface area contributed by atoms with Crippen molar-refractivity contribution in [1.82, 2.24) is 18.8 Å². The Morgan fingerprint density at radius 1 is 0.644 bits per heavy atom. The van der Waals surface area contributed by atoms with Crippen LogP contribution >= 0.6 is 23.2 Å². The predicted molar refractivity (Wildman–Crippen MR) is 177 cm³/mol. The number of carboxylic acids is 2. The molecule has 232 valence electrons. The van der Waals surface area contributed by atoms with Gasteiger partial charge in [-0.05, 0) is 48.9 Å². The number of nitrogens with zero attached hydrogens (tertiary/aromatic N) is 4. The van der Waals surface area contributed by atoms with E-state index in [2.05, 4.69) is 58.5 Å². The molecule has 0 aliphatic rings. The number of benzene rings is 2. The number of anilines is 2. The Morgan fingerprint density at radius 3 is 1.36 bits per heavy atom. The zero-order chi connectivity index (χ0) is 32.3. The van der Waals surface area contributed by atoms with Crippen molar-refractivity contribution in [2.75, 3.05) is 11.5 Å². The second-order valence-corrected chi connectivity index (χ2v) is 10.8. The normalized spacial score (nSPS) is 10.5. The Bertz CT molecular complexity index is 1750. The van der Waals surface area contributed by atoms with Gasteiger partial charge in [-0.1, -0.05) is 83.9 Å². The number of rotatable bonds is 8. The highest BCUT2D eigenvalue weighted by Crippen LogP contribution is 2.26. The van der Waals surface area contributed by atoms with Crippen molar-refractivity contribution in [2.24, 2.45) is 0 Å². The Hall–Kier alpha value is -5.06. The molecule has 0 fully saturated rings. The number of carboxylic acid groups (broad SMARTS) is 2. The van der Waals surface area contributed by atoms with Gasteiger partial charge >= 0.3 is 11.9 Å². The molecule has 6 rings (SSSR count). The number of nitrogen functional groups attached to an aromatic ring is 2. The van der Waals surface area contributed by atoms with Gasteiger partial charge in [-0.15, -0.1) is 0 Å². The average molecular weight is 648 g/mol. The van der Waals surface area contributed by atoms with Crippen LogP contribution in [-0.2, 0) is 35.3 Å². The van der Waals surface area contributed by atoms with E-state index in [1.807, 2.05) is 45.5 Å². The van der Waals surface area contributed by atoms with Gasteiger partial charge in [0.05, 0.1) is 32.5 Å². The van der Waals surface area contributed by atoms with Crippen LogP contribution in [0.5, 0.6) is 0 Å². The monoisotopic (exact) mass is 646 g/mol. The van der Waals surface area contributed by atoms with Crippen molar-refractivity contribution >= 4 is 57.8 Å². The average Bonchev–Trinajstić information content (AvgIpc) is 3.50. The summed E-state index contributed by atoms with van der Waals surface area (Å²) >= 11 is 12.1. The van der Waals surface area contributed by atoms with Crippen LogP contribution < -0.4 is 11.5 Å². The first-order valence-electron chi connectivity index (χ1n) is 13.9. The third-order valence-corrected chi connectivity index (χ3v) is 7.43. The Kier molecular flexibility index (Phi) is 11.4. The quantitative estimate of drug-likeness (QED) is 0.141. The summed E-state index contributed by atoms with van der Waals surface area (Å²) in [4.78, 5) is 27.7. The van der Waals surface area contributed by atoms with Gasteiger partial charge in [0.1, 0.15) is 18.1 Å². The molecular formula is C33H32Cl2N6O4. The highest BCUT2D eigenvalue weighted by atomic mass is 35.5. The second-order valence-electron chi connectivity index (χ2n) is 9.95. The van der Waals surface area contributed by atoms with Crippen LogP contribution in [0.4, 0.5) is 11.6 Å². The van der Waals surface area contributed by atoms with Crippen molar-refractivity contribution in [2.45, 2.75) is 32.1 Å². The van der Waals surface area contributed by atoms with Crippen LogP contribution in [0.15, 0.2) is 97.6 Å². The third kappa shape index (κ3) is 8.98. The number of aromatic nitrogens is 4. The number of aryl methyl sites for hydroxylation is 4. The van der Waals surface area contributed by atoms with Gasteiger partial charge in [-0.25, -0.2) is 0 Å². The molecule has 45 heavy (non-hydrogen) atoms. The van der Waals surface area contributed by atoms with E-state index < -0.39 is 18.4 Å². The number of aliphatic carboxylic acids is 2. The number of fused-ring (bicyclic) bond motifs is 2. The number of hydrogen-bond acceptors (Lipinski definition) is 6. The van der Waals surface area contributed by atoms with E-state index in [-0.39, 0.29) is 0 Å². The minimum atomic E-state index is -1.31. The number of hydrogen-bond donors (Lipinski definition) is 4. The fraction of sp³-hybridized carbons (Fsp3) is 0.152. The fourth-order valence-corrected chi connectivity index (χ4v) is 5.01. The minimum absolute atomic E-state index is 0.569. The Labute approximate surface area is 269 Å². The van der Waals surface area contributed by atoms with Crippen molar-refractivity contribution < 1.29 is 19.8 Å². The van der Waals surface area contributed by atoms with Crippen LogP contribution in [0.2, 0.25) is 10.0 Å². The molecule has 6 aromatic rings. The molecule has 4 aromatic heterocycles. The van der Waals surface area contributed by atoms with E-state index in [1.54, 1.807) is 12.4 Å². The standard InChI is InChI=1S/2C15H14ClN3.C3H4O4/c2*16-12-10-14-13(18-8-9-19(14)15(12)17)7-6-11-4-2-1-3-5-11;4-2(5)1-3(6)7/h2*1-5,8-10H,6-7,17H2;1H2,(H,4,5)(H,6,7). The second kappa shape index (κ2) is 15.6. The molecule has 0 unspecified atom stereocenters. The molecule has 10 nitrogen and oxygen atoms in total. The van der Waals surface area contributed by atoms with Crippen LogP contribution in [0.1, 0.15) is 28.9 Å². The van der Waals surface area contributed by atoms with Gasteiger partial charge in [0, 0.05) is 24.8 Å². The Morgan fingerprint density at radius 2 is 1.02 bits per heavy atom. The maximum atomic E-state index is 9.43. The van der Waals surface area contributed by atoms with Crippen molar-refractivity contribution in [1.29, 1.82) is 0 Å². The smallest absolute Gasteiger partial charge is 0.314 e. The summed E-state index contributed by atoms with van der Waals surface area (Å²) in [6.45, 7) is 0. The fourth-order valence-electron chi connectivity index (χ4n) is 4.62. The van der Waals surface area contributed by atoms with Gasteiger partial charge in [0.2, 0.25) is 0 Å². The molecule has 0 saturated carbocycles. The van der Waals surface area contributed by atoms with Gasteiger partial charge < -0.3 is 21.7 Å². The lowest BCUT2D eigenvalue weighted by atomic mass is 10.1. The first-order valence-corrected chi connectivity index (χ1v) is 14.7. The number of nitrogens with two attached hydrogens (primary N) is 2. The first-order chi connectivity index (χ1) is 21.6. The summed E-state index contributed by atoms with van der Waals surface area (Å²) in [6, 6.07) is 24.5. The van der Waals surface area contributed by atoms with Gasteiger partial charge in [0.25, 0.3) is 0 Å². The number of carbonyl (C=O) groups is 2. The molecule has 0 radical (unpaired) electrons. The van der Waals surface area contributed by atoms with Gasteiger partial charge in [0.15, 0.2) is 0 Å². The van der Waals surface area contributed by atoms with E-state index in [0.717, 1.165) is 48.1 Å². The van der Waals surface area contributed by atoms with E-state index >= 15 is 0 Å². The molecule has 0 aliphatic heterocycles. The lowest BCUT2D eigenvalue weighted by Gasteiger charge is -2.04. The summed E-state index contributed by atoms with van der Waals surface area (Å²) in [7, 11) is 0. The predicted octanol–water partition coefficient (Wildman–Crippen LogP) is 6.26. The molecule has 0 aliphatic carbocycles. The highest BCUT2D eigenvalue weighted by Gasteiger charge is 2.11. The Balaban J connectivity index is 0.000000170.